The standard InChI is InChI=1S/C17H24ClN3O/c1-4-6-9-20(10-7-5-2)17(22)16-13(3)19-15-12-14(18)8-11-21(15)16/h8,11-12H,4-7,9-10H2,1-3H3. The van der Waals surface area contributed by atoms with Crippen LogP contribution < -0.4 is 0 Å². The van der Waals surface area contributed by atoms with E-state index in [9.17, 15) is 4.79 Å². The Labute approximate surface area is 137 Å². The van der Waals surface area contributed by atoms with Crippen LogP contribution in [0.5, 0.6) is 0 Å². The molecule has 0 aliphatic rings. The number of nitrogens with zero attached hydrogens (tertiary/aromatic N) is 3. The number of aromatic nitrogens is 2. The Hall–Kier alpha value is -1.55. The van der Waals surface area contributed by atoms with Crippen LogP contribution in [0.15, 0.2) is 18.3 Å². The first kappa shape index (κ1) is 16.8. The van der Waals surface area contributed by atoms with Crippen molar-refractivity contribution in [3.8, 4) is 0 Å². The highest BCUT2D eigenvalue weighted by molar-refractivity contribution is 6.30. The van der Waals surface area contributed by atoms with Gasteiger partial charge in [0.15, 0.2) is 0 Å². The number of amides is 1. The topological polar surface area (TPSA) is 37.6 Å². The lowest BCUT2D eigenvalue weighted by Gasteiger charge is -2.22. The molecule has 0 radical (unpaired) electrons. The van der Waals surface area contributed by atoms with Crippen molar-refractivity contribution in [3.63, 3.8) is 0 Å². The number of rotatable bonds is 7. The van der Waals surface area contributed by atoms with E-state index in [1.807, 2.05) is 22.4 Å². The summed E-state index contributed by atoms with van der Waals surface area (Å²) in [5, 5.41) is 0.630. The number of carbonyl (C=O) groups is 1. The molecule has 0 bridgehead atoms. The van der Waals surface area contributed by atoms with E-state index >= 15 is 0 Å². The summed E-state index contributed by atoms with van der Waals surface area (Å²) in [4.78, 5) is 19.4. The van der Waals surface area contributed by atoms with Crippen LogP contribution in [0.25, 0.3) is 5.65 Å². The minimum Gasteiger partial charge on any atom is -0.337 e. The molecule has 0 atom stereocenters. The summed E-state index contributed by atoms with van der Waals surface area (Å²) in [6.07, 6.45) is 6.03. The zero-order valence-corrected chi connectivity index (χ0v) is 14.4. The number of aryl methyl sites for hydroxylation is 1. The third kappa shape index (κ3) is 3.61. The molecule has 0 saturated heterocycles. The maximum atomic E-state index is 13.0. The van der Waals surface area contributed by atoms with Crippen molar-refractivity contribution < 1.29 is 4.79 Å². The van der Waals surface area contributed by atoms with E-state index in [2.05, 4.69) is 18.8 Å². The molecule has 2 rings (SSSR count). The highest BCUT2D eigenvalue weighted by Gasteiger charge is 2.22. The van der Waals surface area contributed by atoms with Gasteiger partial charge in [0.2, 0.25) is 0 Å². The van der Waals surface area contributed by atoms with Gasteiger partial charge in [0.1, 0.15) is 11.3 Å². The second-order valence-electron chi connectivity index (χ2n) is 5.62. The lowest BCUT2D eigenvalue weighted by atomic mass is 10.2. The summed E-state index contributed by atoms with van der Waals surface area (Å²) >= 11 is 6.01. The molecule has 0 fully saturated rings. The monoisotopic (exact) mass is 321 g/mol. The Morgan fingerprint density at radius 2 is 1.91 bits per heavy atom. The second kappa shape index (κ2) is 7.63. The van der Waals surface area contributed by atoms with Gasteiger partial charge >= 0.3 is 0 Å². The summed E-state index contributed by atoms with van der Waals surface area (Å²) in [6, 6.07) is 3.57. The van der Waals surface area contributed by atoms with Gasteiger partial charge in [-0.1, -0.05) is 38.3 Å². The molecule has 0 spiro atoms. The van der Waals surface area contributed by atoms with Crippen molar-refractivity contribution in [3.05, 3.63) is 34.7 Å². The van der Waals surface area contributed by atoms with Gasteiger partial charge in [0.25, 0.3) is 5.91 Å². The van der Waals surface area contributed by atoms with Crippen LogP contribution in [-0.2, 0) is 0 Å². The first-order valence-electron chi connectivity index (χ1n) is 8.02. The van der Waals surface area contributed by atoms with E-state index in [1.54, 1.807) is 12.1 Å². The molecule has 0 N–H and O–H groups in total. The zero-order chi connectivity index (χ0) is 16.1. The molecule has 5 heteroatoms. The molecule has 2 aromatic rings. The molecule has 0 unspecified atom stereocenters. The fourth-order valence-electron chi connectivity index (χ4n) is 2.56. The van der Waals surface area contributed by atoms with Crippen molar-refractivity contribution in [2.24, 2.45) is 0 Å². The molecule has 0 aliphatic carbocycles. The minimum atomic E-state index is 0.0641. The number of halogens is 1. The van der Waals surface area contributed by atoms with Gasteiger partial charge in [-0.2, -0.15) is 0 Å². The Balaban J connectivity index is 2.34. The predicted octanol–water partition coefficient (Wildman–Crippen LogP) is 4.34. The van der Waals surface area contributed by atoms with Crippen LogP contribution in [0.4, 0.5) is 0 Å². The van der Waals surface area contributed by atoms with E-state index < -0.39 is 0 Å². The largest absolute Gasteiger partial charge is 0.337 e. The summed E-state index contributed by atoms with van der Waals surface area (Å²) in [6.45, 7) is 7.77. The first-order valence-corrected chi connectivity index (χ1v) is 8.39. The van der Waals surface area contributed by atoms with Crippen molar-refractivity contribution >= 4 is 23.2 Å². The van der Waals surface area contributed by atoms with Crippen molar-refractivity contribution in [1.82, 2.24) is 14.3 Å². The lowest BCUT2D eigenvalue weighted by Crippen LogP contribution is -2.34. The van der Waals surface area contributed by atoms with Gasteiger partial charge in [0, 0.05) is 30.4 Å². The Morgan fingerprint density at radius 1 is 1.27 bits per heavy atom. The number of pyridine rings is 1. The van der Waals surface area contributed by atoms with E-state index in [0.29, 0.717) is 10.7 Å². The van der Waals surface area contributed by atoms with E-state index in [1.165, 1.54) is 0 Å². The second-order valence-corrected chi connectivity index (χ2v) is 6.05. The van der Waals surface area contributed by atoms with Crippen molar-refractivity contribution in [2.75, 3.05) is 13.1 Å². The number of fused-ring (bicyclic) bond motifs is 1. The number of carbonyl (C=O) groups excluding carboxylic acids is 1. The normalized spacial score (nSPS) is 11.1. The molecule has 22 heavy (non-hydrogen) atoms. The van der Waals surface area contributed by atoms with Crippen molar-refractivity contribution in [2.45, 2.75) is 46.5 Å². The van der Waals surface area contributed by atoms with Crippen LogP contribution in [0.2, 0.25) is 5.02 Å². The van der Waals surface area contributed by atoms with Crippen LogP contribution in [0.3, 0.4) is 0 Å². The van der Waals surface area contributed by atoms with E-state index in [4.69, 9.17) is 11.6 Å². The third-order valence-corrected chi connectivity index (χ3v) is 4.05. The number of hydrogen-bond donors (Lipinski definition) is 0. The van der Waals surface area contributed by atoms with Gasteiger partial charge in [-0.25, -0.2) is 4.98 Å². The summed E-state index contributed by atoms with van der Waals surface area (Å²) in [7, 11) is 0. The average Bonchev–Trinajstić information content (AvgIpc) is 2.81. The van der Waals surface area contributed by atoms with Crippen LogP contribution in [-0.4, -0.2) is 33.3 Å². The smallest absolute Gasteiger partial charge is 0.272 e. The molecule has 1 amide bonds. The van der Waals surface area contributed by atoms with Gasteiger partial charge in [-0.3, -0.25) is 9.20 Å². The van der Waals surface area contributed by atoms with Gasteiger partial charge in [-0.15, -0.1) is 0 Å². The zero-order valence-electron chi connectivity index (χ0n) is 13.6. The molecule has 2 aromatic heterocycles. The Morgan fingerprint density at radius 3 is 2.50 bits per heavy atom. The fraction of sp³-hybridized carbons (Fsp3) is 0.529. The van der Waals surface area contributed by atoms with E-state index in [0.717, 1.165) is 50.1 Å². The van der Waals surface area contributed by atoms with Gasteiger partial charge < -0.3 is 4.90 Å². The predicted molar refractivity (Wildman–Crippen MR) is 90.7 cm³/mol. The van der Waals surface area contributed by atoms with Crippen LogP contribution in [0.1, 0.15) is 55.7 Å². The molecule has 2 heterocycles. The molecule has 0 aliphatic heterocycles. The Kier molecular flexibility index (Phi) is 5.83. The molecular weight excluding hydrogens is 298 g/mol. The SMILES string of the molecule is CCCCN(CCCC)C(=O)c1c(C)nc2cc(Cl)ccn12. The number of imidazole rings is 1. The highest BCUT2D eigenvalue weighted by Crippen LogP contribution is 2.18. The maximum Gasteiger partial charge on any atom is 0.272 e. The third-order valence-electron chi connectivity index (χ3n) is 3.82. The first-order chi connectivity index (χ1) is 10.6. The molecule has 120 valence electrons. The summed E-state index contributed by atoms with van der Waals surface area (Å²) in [5.41, 5.74) is 2.13. The number of unbranched alkanes of at least 4 members (excludes halogenated alkanes) is 2. The van der Waals surface area contributed by atoms with Crippen molar-refractivity contribution in [1.29, 1.82) is 0 Å². The molecular formula is C17H24ClN3O. The lowest BCUT2D eigenvalue weighted by molar-refractivity contribution is 0.0743. The molecule has 4 nitrogen and oxygen atoms in total. The van der Waals surface area contributed by atoms with Crippen LogP contribution in [0, 0.1) is 6.92 Å². The highest BCUT2D eigenvalue weighted by atomic mass is 35.5. The molecule has 0 saturated carbocycles. The Bertz CT molecular complexity index is 643. The van der Waals surface area contributed by atoms with Gasteiger partial charge in [0.05, 0.1) is 5.69 Å². The summed E-state index contributed by atoms with van der Waals surface area (Å²) < 4.78 is 1.84. The summed E-state index contributed by atoms with van der Waals surface area (Å²) in [5.74, 6) is 0.0641. The van der Waals surface area contributed by atoms with Gasteiger partial charge in [-0.05, 0) is 25.8 Å². The minimum absolute atomic E-state index is 0.0641. The number of hydrogen-bond acceptors (Lipinski definition) is 2. The van der Waals surface area contributed by atoms with Crippen LogP contribution >= 0.6 is 11.6 Å². The van der Waals surface area contributed by atoms with E-state index in [-0.39, 0.29) is 5.91 Å². The quantitative estimate of drug-likeness (QED) is 0.760. The maximum absolute atomic E-state index is 13.0. The molecule has 0 aromatic carbocycles. The average molecular weight is 322 g/mol. The fourth-order valence-corrected chi connectivity index (χ4v) is 2.71.